The highest BCUT2D eigenvalue weighted by Crippen LogP contribution is 2.41. The molecule has 2 nitrogen and oxygen atoms in total. The van der Waals surface area contributed by atoms with Crippen molar-refractivity contribution in [3.05, 3.63) is 59.7 Å². The largest absolute Gasteiger partial charge is 0.391 e. The lowest BCUT2D eigenvalue weighted by atomic mass is 9.91. The summed E-state index contributed by atoms with van der Waals surface area (Å²) in [5, 5.41) is 0. The number of hydrogen-bond acceptors (Lipinski definition) is 2. The van der Waals surface area contributed by atoms with Crippen LogP contribution in [0.15, 0.2) is 48.6 Å². The highest BCUT2D eigenvalue weighted by Gasteiger charge is 2.41. The number of aryl methyl sites for hydroxylation is 1. The van der Waals surface area contributed by atoms with Crippen LogP contribution in [0, 0.1) is 11.8 Å². The lowest BCUT2D eigenvalue weighted by Gasteiger charge is -2.33. The molecule has 3 aliphatic carbocycles. The summed E-state index contributed by atoms with van der Waals surface area (Å²) in [6, 6.07) is 8.70. The van der Waals surface area contributed by atoms with Crippen molar-refractivity contribution in [1.29, 1.82) is 0 Å². The molecule has 4 unspecified atom stereocenters. The van der Waals surface area contributed by atoms with Crippen LogP contribution in [0.2, 0.25) is 13.1 Å². The Balaban J connectivity index is 1.43. The van der Waals surface area contributed by atoms with Crippen LogP contribution in [0.3, 0.4) is 0 Å². The lowest BCUT2D eigenvalue weighted by Crippen LogP contribution is -2.41. The van der Waals surface area contributed by atoms with E-state index in [9.17, 15) is 0 Å². The van der Waals surface area contributed by atoms with Crippen molar-refractivity contribution in [2.75, 3.05) is 0 Å². The van der Waals surface area contributed by atoms with Crippen LogP contribution in [-0.2, 0) is 15.3 Å². The van der Waals surface area contributed by atoms with Gasteiger partial charge in [-0.15, -0.1) is 0 Å². The fourth-order valence-electron chi connectivity index (χ4n) is 4.42. The Hall–Kier alpha value is -1.16. The second-order valence-electron chi connectivity index (χ2n) is 7.49. The van der Waals surface area contributed by atoms with E-state index in [4.69, 9.17) is 8.85 Å². The first-order valence-electron chi connectivity index (χ1n) is 8.91. The summed E-state index contributed by atoms with van der Waals surface area (Å²) in [6.45, 7) is 4.42. The summed E-state index contributed by atoms with van der Waals surface area (Å²) in [4.78, 5) is 0. The zero-order valence-corrected chi connectivity index (χ0v) is 15.1. The molecule has 3 heteroatoms. The van der Waals surface area contributed by atoms with Gasteiger partial charge in [-0.3, -0.25) is 0 Å². The summed E-state index contributed by atoms with van der Waals surface area (Å²) >= 11 is 0. The number of hydrogen-bond donors (Lipinski definition) is 0. The van der Waals surface area contributed by atoms with Crippen LogP contribution in [0.5, 0.6) is 0 Å². The van der Waals surface area contributed by atoms with Crippen molar-refractivity contribution in [3.63, 3.8) is 0 Å². The first-order chi connectivity index (χ1) is 11.1. The summed E-state index contributed by atoms with van der Waals surface area (Å²) in [6.07, 6.45) is 14.2. The molecule has 122 valence electrons. The Morgan fingerprint density at radius 2 is 1.78 bits per heavy atom. The fraction of sp³-hybridized carbons (Fsp3) is 0.500. The number of allylic oxidation sites excluding steroid dienone is 3. The average Bonchev–Trinajstić information content (AvgIpc) is 3.12. The monoisotopic (exact) mass is 326 g/mol. The van der Waals surface area contributed by atoms with Gasteiger partial charge in [0.2, 0.25) is 0 Å². The summed E-state index contributed by atoms with van der Waals surface area (Å²) in [5.41, 5.74) is 2.82. The van der Waals surface area contributed by atoms with Gasteiger partial charge in [0, 0.05) is 5.92 Å². The predicted molar refractivity (Wildman–Crippen MR) is 95.4 cm³/mol. The molecule has 0 aliphatic heterocycles. The van der Waals surface area contributed by atoms with Crippen LogP contribution in [0.1, 0.15) is 36.5 Å². The molecule has 4 rings (SSSR count). The Morgan fingerprint density at radius 1 is 0.957 bits per heavy atom. The highest BCUT2D eigenvalue weighted by atomic mass is 28.4. The molecule has 0 amide bonds. The van der Waals surface area contributed by atoms with E-state index in [2.05, 4.69) is 61.7 Å². The summed E-state index contributed by atoms with van der Waals surface area (Å²) in [7, 11) is -2.14. The van der Waals surface area contributed by atoms with E-state index in [0.29, 0.717) is 17.9 Å². The molecule has 3 aliphatic rings. The van der Waals surface area contributed by atoms with E-state index in [1.165, 1.54) is 17.5 Å². The van der Waals surface area contributed by atoms with Crippen LogP contribution < -0.4 is 0 Å². The molecule has 1 fully saturated rings. The van der Waals surface area contributed by atoms with Gasteiger partial charge in [0.15, 0.2) is 0 Å². The maximum absolute atomic E-state index is 6.58. The Kier molecular flexibility index (Phi) is 4.04. The molecular weight excluding hydrogens is 300 g/mol. The molecule has 1 saturated carbocycles. The normalized spacial score (nSPS) is 32.1. The van der Waals surface area contributed by atoms with Gasteiger partial charge in [-0.2, -0.15) is 0 Å². The molecule has 0 heterocycles. The van der Waals surface area contributed by atoms with E-state index in [1.807, 2.05) is 0 Å². The number of benzene rings is 1. The van der Waals surface area contributed by atoms with Gasteiger partial charge in [0.25, 0.3) is 0 Å². The molecule has 0 N–H and O–H groups in total. The molecular formula is C20H26O2Si. The third-order valence-electron chi connectivity index (χ3n) is 5.45. The van der Waals surface area contributed by atoms with Gasteiger partial charge in [0.05, 0.1) is 12.2 Å². The van der Waals surface area contributed by atoms with E-state index in [1.54, 1.807) is 0 Å². The lowest BCUT2D eigenvalue weighted by molar-refractivity contribution is 0.0732. The topological polar surface area (TPSA) is 18.5 Å². The van der Waals surface area contributed by atoms with Crippen LogP contribution in [0.4, 0.5) is 0 Å². The second kappa shape index (κ2) is 6.04. The zero-order valence-electron chi connectivity index (χ0n) is 14.1. The Morgan fingerprint density at radius 3 is 2.70 bits per heavy atom. The average molecular weight is 327 g/mol. The number of fused-ring (bicyclic) bond motifs is 2. The van der Waals surface area contributed by atoms with Crippen molar-refractivity contribution >= 4 is 8.56 Å². The molecule has 4 atom stereocenters. The van der Waals surface area contributed by atoms with Crippen molar-refractivity contribution in [2.45, 2.75) is 51.0 Å². The van der Waals surface area contributed by atoms with Crippen molar-refractivity contribution in [1.82, 2.24) is 0 Å². The molecule has 23 heavy (non-hydrogen) atoms. The van der Waals surface area contributed by atoms with E-state index >= 15 is 0 Å². The van der Waals surface area contributed by atoms with E-state index < -0.39 is 8.56 Å². The summed E-state index contributed by atoms with van der Waals surface area (Å²) < 4.78 is 13.1. The second-order valence-corrected chi connectivity index (χ2v) is 10.8. The van der Waals surface area contributed by atoms with Crippen molar-refractivity contribution < 1.29 is 8.85 Å². The molecule has 0 radical (unpaired) electrons. The van der Waals surface area contributed by atoms with Gasteiger partial charge >= 0.3 is 8.56 Å². The van der Waals surface area contributed by atoms with Gasteiger partial charge in [0.1, 0.15) is 0 Å². The van der Waals surface area contributed by atoms with Gasteiger partial charge in [-0.05, 0) is 55.8 Å². The van der Waals surface area contributed by atoms with Crippen LogP contribution in [0.25, 0.3) is 0 Å². The van der Waals surface area contributed by atoms with E-state index in [-0.39, 0.29) is 6.10 Å². The standard InChI is InChI=1S/C20H26O2Si/c1-23(2,21-19-13-11-15-7-3-5-9-17(15)19)22-20-14-12-16-8-4-6-10-18(16)20/h3-10,15,17,19-20H,11-14H2,1-2H3. The zero-order chi connectivity index (χ0) is 15.9. The summed E-state index contributed by atoms with van der Waals surface area (Å²) in [5.74, 6) is 1.22. The molecule has 0 bridgehead atoms. The van der Waals surface area contributed by atoms with Crippen LogP contribution in [-0.4, -0.2) is 14.7 Å². The molecule has 0 spiro atoms. The SMILES string of the molecule is C[Si](C)(OC1CCc2ccccc21)OC1CCC2C=CC=CC21. The number of rotatable bonds is 4. The van der Waals surface area contributed by atoms with Crippen LogP contribution >= 0.6 is 0 Å². The van der Waals surface area contributed by atoms with Crippen molar-refractivity contribution in [3.8, 4) is 0 Å². The first-order valence-corrected chi connectivity index (χ1v) is 11.7. The Labute approximate surface area is 140 Å². The third kappa shape index (κ3) is 3.10. The first kappa shape index (κ1) is 15.4. The minimum absolute atomic E-state index is 0.229. The molecule has 1 aromatic rings. The van der Waals surface area contributed by atoms with Gasteiger partial charge in [-0.25, -0.2) is 0 Å². The Bertz CT molecular complexity index is 634. The maximum atomic E-state index is 6.58. The maximum Gasteiger partial charge on any atom is 0.332 e. The molecule has 0 aromatic heterocycles. The predicted octanol–water partition coefficient (Wildman–Crippen LogP) is 4.93. The van der Waals surface area contributed by atoms with Gasteiger partial charge in [-0.1, -0.05) is 48.6 Å². The molecule has 1 aromatic carbocycles. The molecule has 0 saturated heterocycles. The van der Waals surface area contributed by atoms with Gasteiger partial charge < -0.3 is 8.85 Å². The minimum Gasteiger partial charge on any atom is -0.391 e. The smallest absolute Gasteiger partial charge is 0.332 e. The van der Waals surface area contributed by atoms with E-state index in [0.717, 1.165) is 19.3 Å². The van der Waals surface area contributed by atoms with Crippen molar-refractivity contribution in [2.24, 2.45) is 11.8 Å². The fourth-order valence-corrected chi connectivity index (χ4v) is 6.41. The quantitative estimate of drug-likeness (QED) is 0.730. The minimum atomic E-state index is -2.14. The highest BCUT2D eigenvalue weighted by molar-refractivity contribution is 6.64. The third-order valence-corrected chi connectivity index (χ3v) is 7.17.